The zero-order chi connectivity index (χ0) is 31.5. The number of hydrogen-bond donors (Lipinski definition) is 2. The van der Waals surface area contributed by atoms with Crippen molar-refractivity contribution < 1.29 is 41.3 Å². The number of amides is 2. The molecule has 1 heterocycles. The third-order valence-electron chi connectivity index (χ3n) is 6.55. The molecule has 0 spiro atoms. The molecule has 0 saturated carbocycles. The van der Waals surface area contributed by atoms with Gasteiger partial charge in [-0.3, -0.25) is 13.9 Å². The molecule has 1 fully saturated rings. The Balaban J connectivity index is 1.36. The normalized spacial score (nSPS) is 14.7. The lowest BCUT2D eigenvalue weighted by molar-refractivity contribution is -0.123. The molecule has 3 aromatic rings. The van der Waals surface area contributed by atoms with E-state index >= 15 is 0 Å². The number of rotatable bonds is 14. The first kappa shape index (κ1) is 32.2. The molecule has 1 aliphatic heterocycles. The number of carbonyl (C=O) groups is 2. The first-order valence-corrected chi connectivity index (χ1v) is 15.1. The topological polar surface area (TPSA) is 145 Å². The molecule has 4 rings (SSSR count). The standard InChI is InChI=1S/C30H33FN4O8S/c1-40-27-14-13-26(16-28(27)41-2)44(38,39)35(23-9-7-22(31)8-10-23)19-29(36)34-33-17-21-5-11-24(12-6-21)43-20-30(37)32-18-25-4-3-15-42-25/h5-14,16-17,25H,3-4,15,18-20H2,1-2H3,(H,32,37)(H,34,36)/b33-17-/t25-/m0/s1. The summed E-state index contributed by atoms with van der Waals surface area (Å²) in [5.74, 6) is -0.604. The summed E-state index contributed by atoms with van der Waals surface area (Å²) in [6.45, 7) is 0.370. The van der Waals surface area contributed by atoms with Crippen molar-refractivity contribution in [3.05, 3.63) is 78.1 Å². The Morgan fingerprint density at radius 1 is 1.02 bits per heavy atom. The van der Waals surface area contributed by atoms with E-state index in [0.717, 1.165) is 29.3 Å². The Kier molecular flexibility index (Phi) is 11.1. The van der Waals surface area contributed by atoms with E-state index in [1.807, 2.05) is 0 Å². The highest BCUT2D eigenvalue weighted by Crippen LogP contribution is 2.32. The summed E-state index contributed by atoms with van der Waals surface area (Å²) in [6.07, 6.45) is 3.33. The molecule has 0 aromatic heterocycles. The van der Waals surface area contributed by atoms with Gasteiger partial charge in [-0.2, -0.15) is 5.10 Å². The summed E-state index contributed by atoms with van der Waals surface area (Å²) >= 11 is 0. The van der Waals surface area contributed by atoms with Crippen molar-refractivity contribution in [2.24, 2.45) is 5.10 Å². The smallest absolute Gasteiger partial charge is 0.264 e. The molecule has 234 valence electrons. The number of sulfonamides is 1. The monoisotopic (exact) mass is 628 g/mol. The minimum Gasteiger partial charge on any atom is -0.493 e. The largest absolute Gasteiger partial charge is 0.493 e. The minimum atomic E-state index is -4.31. The van der Waals surface area contributed by atoms with Crippen LogP contribution in [0.4, 0.5) is 10.1 Å². The van der Waals surface area contributed by atoms with E-state index in [2.05, 4.69) is 15.8 Å². The number of hydrogen-bond acceptors (Lipinski definition) is 9. The number of nitrogens with zero attached hydrogens (tertiary/aromatic N) is 2. The SMILES string of the molecule is COc1ccc(S(=O)(=O)N(CC(=O)N/N=C\c2ccc(OCC(=O)NC[C@@H]3CCCO3)cc2)c2ccc(F)cc2)cc1OC. The molecule has 0 bridgehead atoms. The van der Waals surface area contributed by atoms with Crippen LogP contribution in [0, 0.1) is 5.82 Å². The van der Waals surface area contributed by atoms with E-state index in [1.54, 1.807) is 24.3 Å². The number of methoxy groups -OCH3 is 2. The van der Waals surface area contributed by atoms with Gasteiger partial charge in [-0.25, -0.2) is 18.2 Å². The molecule has 0 aliphatic carbocycles. The van der Waals surface area contributed by atoms with Gasteiger partial charge in [0, 0.05) is 19.2 Å². The van der Waals surface area contributed by atoms with Crippen LogP contribution in [0.5, 0.6) is 17.2 Å². The molecule has 1 saturated heterocycles. The Bertz CT molecular complexity index is 1560. The highest BCUT2D eigenvalue weighted by atomic mass is 32.2. The maximum Gasteiger partial charge on any atom is 0.264 e. The average Bonchev–Trinajstić information content (AvgIpc) is 3.56. The summed E-state index contributed by atoms with van der Waals surface area (Å²) in [6, 6.07) is 15.3. The van der Waals surface area contributed by atoms with Crippen LogP contribution >= 0.6 is 0 Å². The van der Waals surface area contributed by atoms with E-state index in [9.17, 15) is 22.4 Å². The molecule has 1 atom stereocenters. The number of carbonyl (C=O) groups excluding carboxylic acids is 2. The van der Waals surface area contributed by atoms with E-state index < -0.39 is 28.3 Å². The first-order valence-electron chi connectivity index (χ1n) is 13.6. The molecule has 0 radical (unpaired) electrons. The van der Waals surface area contributed by atoms with Crippen molar-refractivity contribution >= 4 is 33.7 Å². The lowest BCUT2D eigenvalue weighted by Crippen LogP contribution is -2.39. The average molecular weight is 629 g/mol. The van der Waals surface area contributed by atoms with Crippen LogP contribution in [-0.4, -0.2) is 73.1 Å². The van der Waals surface area contributed by atoms with Crippen LogP contribution in [0.1, 0.15) is 18.4 Å². The number of benzene rings is 3. The highest BCUT2D eigenvalue weighted by Gasteiger charge is 2.28. The van der Waals surface area contributed by atoms with E-state index in [-0.39, 0.29) is 35.0 Å². The fraction of sp³-hybridized carbons (Fsp3) is 0.300. The van der Waals surface area contributed by atoms with Crippen molar-refractivity contribution in [2.45, 2.75) is 23.8 Å². The van der Waals surface area contributed by atoms with E-state index in [0.29, 0.717) is 30.2 Å². The fourth-order valence-corrected chi connectivity index (χ4v) is 5.69. The Morgan fingerprint density at radius 3 is 2.41 bits per heavy atom. The summed E-state index contributed by atoms with van der Waals surface area (Å²) in [5.41, 5.74) is 2.98. The number of hydrazone groups is 1. The lowest BCUT2D eigenvalue weighted by Gasteiger charge is -2.24. The second kappa shape index (κ2) is 15.2. The van der Waals surface area contributed by atoms with Gasteiger partial charge in [0.05, 0.1) is 37.1 Å². The zero-order valence-electron chi connectivity index (χ0n) is 24.2. The molecule has 3 aromatic carbocycles. The predicted molar refractivity (Wildman–Crippen MR) is 160 cm³/mol. The van der Waals surface area contributed by atoms with Gasteiger partial charge in [0.15, 0.2) is 18.1 Å². The molecule has 2 N–H and O–H groups in total. The van der Waals surface area contributed by atoms with Crippen LogP contribution in [0.15, 0.2) is 76.7 Å². The van der Waals surface area contributed by atoms with Gasteiger partial charge in [0.1, 0.15) is 18.1 Å². The molecule has 44 heavy (non-hydrogen) atoms. The predicted octanol–water partition coefficient (Wildman–Crippen LogP) is 2.86. The van der Waals surface area contributed by atoms with Crippen LogP contribution < -0.4 is 29.3 Å². The summed E-state index contributed by atoms with van der Waals surface area (Å²) in [7, 11) is -1.52. The van der Waals surface area contributed by atoms with Crippen molar-refractivity contribution in [3.8, 4) is 17.2 Å². The summed E-state index contributed by atoms with van der Waals surface area (Å²) < 4.78 is 63.0. The van der Waals surface area contributed by atoms with Crippen LogP contribution in [-0.2, 0) is 24.3 Å². The Hall–Kier alpha value is -4.69. The second-order valence-electron chi connectivity index (χ2n) is 9.59. The number of nitrogens with one attached hydrogen (secondary N) is 2. The summed E-state index contributed by atoms with van der Waals surface area (Å²) in [5, 5.41) is 6.69. The Labute approximate surface area is 254 Å². The van der Waals surface area contributed by atoms with Crippen molar-refractivity contribution in [3.63, 3.8) is 0 Å². The molecule has 0 unspecified atom stereocenters. The fourth-order valence-electron chi connectivity index (χ4n) is 4.25. The van der Waals surface area contributed by atoms with E-state index in [4.69, 9.17) is 18.9 Å². The molecular weight excluding hydrogens is 595 g/mol. The lowest BCUT2D eigenvalue weighted by atomic mass is 10.2. The van der Waals surface area contributed by atoms with Gasteiger partial charge in [-0.1, -0.05) is 0 Å². The van der Waals surface area contributed by atoms with E-state index in [1.165, 1.54) is 50.8 Å². The summed E-state index contributed by atoms with van der Waals surface area (Å²) in [4.78, 5) is 24.6. The maximum absolute atomic E-state index is 13.6. The van der Waals surface area contributed by atoms with Crippen LogP contribution in [0.3, 0.4) is 0 Å². The van der Waals surface area contributed by atoms with Crippen molar-refractivity contribution in [2.75, 3.05) is 44.8 Å². The number of halogens is 1. The van der Waals surface area contributed by atoms with Crippen LogP contribution in [0.2, 0.25) is 0 Å². The van der Waals surface area contributed by atoms with Gasteiger partial charge in [-0.15, -0.1) is 0 Å². The van der Waals surface area contributed by atoms with Crippen molar-refractivity contribution in [1.29, 1.82) is 0 Å². The van der Waals surface area contributed by atoms with Gasteiger partial charge in [0.25, 0.3) is 21.8 Å². The zero-order valence-corrected chi connectivity index (χ0v) is 25.0. The number of ether oxygens (including phenoxy) is 4. The third-order valence-corrected chi connectivity index (χ3v) is 8.32. The molecule has 12 nitrogen and oxygen atoms in total. The van der Waals surface area contributed by atoms with Gasteiger partial charge < -0.3 is 24.3 Å². The molecule has 1 aliphatic rings. The van der Waals surface area contributed by atoms with Gasteiger partial charge >= 0.3 is 0 Å². The maximum atomic E-state index is 13.6. The van der Waals surface area contributed by atoms with Crippen LogP contribution in [0.25, 0.3) is 0 Å². The van der Waals surface area contributed by atoms with Gasteiger partial charge in [-0.05, 0) is 79.1 Å². The first-order chi connectivity index (χ1) is 21.2. The molecule has 14 heteroatoms. The molecular formula is C30H33FN4O8S. The van der Waals surface area contributed by atoms with Gasteiger partial charge in [0.2, 0.25) is 0 Å². The highest BCUT2D eigenvalue weighted by molar-refractivity contribution is 7.92. The quantitative estimate of drug-likeness (QED) is 0.205. The van der Waals surface area contributed by atoms with Crippen molar-refractivity contribution in [1.82, 2.24) is 10.7 Å². The minimum absolute atomic E-state index is 0.0472. The second-order valence-corrected chi connectivity index (χ2v) is 11.5. The number of anilines is 1. The Morgan fingerprint density at radius 2 is 1.75 bits per heavy atom. The third kappa shape index (κ3) is 8.67. The molecule has 2 amide bonds.